The molecule has 1 amide bonds. The van der Waals surface area contributed by atoms with Crippen LogP contribution >= 0.6 is 11.8 Å². The van der Waals surface area contributed by atoms with Crippen molar-refractivity contribution in [3.63, 3.8) is 0 Å². The molecule has 1 atom stereocenters. The smallest absolute Gasteiger partial charge is 0.235 e. The van der Waals surface area contributed by atoms with Gasteiger partial charge in [0.05, 0.1) is 18.1 Å². The minimum Gasteiger partial charge on any atom is -0.467 e. The maximum atomic E-state index is 13.3. The van der Waals surface area contributed by atoms with Crippen LogP contribution in [0.5, 0.6) is 0 Å². The fourth-order valence-corrected chi connectivity index (χ4v) is 5.58. The second-order valence-electron chi connectivity index (χ2n) is 8.99. The summed E-state index contributed by atoms with van der Waals surface area (Å²) in [7, 11) is 0. The number of piperazine rings is 1. The zero-order chi connectivity index (χ0) is 23.3. The summed E-state index contributed by atoms with van der Waals surface area (Å²) in [6.07, 6.45) is 4.02. The van der Waals surface area contributed by atoms with Crippen molar-refractivity contribution in [3.8, 4) is 0 Å². The Morgan fingerprint density at radius 3 is 2.44 bits per heavy atom. The van der Waals surface area contributed by atoms with Crippen molar-refractivity contribution in [2.45, 2.75) is 43.3 Å². The first kappa shape index (κ1) is 23.0. The van der Waals surface area contributed by atoms with E-state index in [0.717, 1.165) is 62.7 Å². The maximum absolute atomic E-state index is 13.3. The number of thioether (sulfide) groups is 1. The number of carbonyl (C=O) groups is 1. The number of benzene rings is 1. The second kappa shape index (κ2) is 10.7. The Kier molecular flexibility index (Phi) is 7.20. The van der Waals surface area contributed by atoms with Gasteiger partial charge in [-0.25, -0.2) is 0 Å². The molecular formula is C25H32N6O2S. The third-order valence-corrected chi connectivity index (χ3v) is 7.61. The predicted octanol–water partition coefficient (Wildman–Crippen LogP) is 3.34. The van der Waals surface area contributed by atoms with E-state index < -0.39 is 0 Å². The lowest BCUT2D eigenvalue weighted by molar-refractivity contribution is -0.132. The zero-order valence-corrected chi connectivity index (χ0v) is 20.5. The number of furan rings is 1. The first-order chi connectivity index (χ1) is 16.7. The fourth-order valence-electron chi connectivity index (χ4n) is 4.65. The van der Waals surface area contributed by atoms with E-state index in [1.807, 2.05) is 30.0 Å². The van der Waals surface area contributed by atoms with Crippen molar-refractivity contribution in [1.29, 1.82) is 0 Å². The van der Waals surface area contributed by atoms with Gasteiger partial charge < -0.3 is 14.2 Å². The van der Waals surface area contributed by atoms with Crippen molar-refractivity contribution in [2.75, 3.05) is 44.2 Å². The highest BCUT2D eigenvalue weighted by molar-refractivity contribution is 8.00. The zero-order valence-electron chi connectivity index (χ0n) is 19.7. The summed E-state index contributed by atoms with van der Waals surface area (Å²) in [5.74, 6) is 1.89. The molecule has 0 spiro atoms. The van der Waals surface area contributed by atoms with Crippen LogP contribution in [0.4, 0.5) is 5.95 Å². The van der Waals surface area contributed by atoms with E-state index in [2.05, 4.69) is 48.8 Å². The molecule has 9 heteroatoms. The highest BCUT2D eigenvalue weighted by Gasteiger charge is 2.29. The molecule has 180 valence electrons. The lowest BCUT2D eigenvalue weighted by Crippen LogP contribution is -2.50. The highest BCUT2D eigenvalue weighted by Crippen LogP contribution is 2.29. The summed E-state index contributed by atoms with van der Waals surface area (Å²) in [6, 6.07) is 14.4. The van der Waals surface area contributed by atoms with Gasteiger partial charge in [-0.05, 0) is 37.5 Å². The molecule has 3 aromatic rings. The average Bonchev–Trinajstić information content (AvgIpc) is 3.64. The largest absolute Gasteiger partial charge is 0.467 e. The Morgan fingerprint density at radius 1 is 0.971 bits per heavy atom. The van der Waals surface area contributed by atoms with Crippen molar-refractivity contribution in [2.24, 2.45) is 0 Å². The van der Waals surface area contributed by atoms with Crippen LogP contribution in [0.25, 0.3) is 0 Å². The number of hydrogen-bond donors (Lipinski definition) is 0. The molecule has 5 rings (SSSR count). The van der Waals surface area contributed by atoms with E-state index in [1.165, 1.54) is 30.2 Å². The van der Waals surface area contributed by atoms with E-state index in [-0.39, 0.29) is 11.2 Å². The third kappa shape index (κ3) is 5.31. The molecule has 2 fully saturated rings. The van der Waals surface area contributed by atoms with E-state index in [0.29, 0.717) is 6.54 Å². The van der Waals surface area contributed by atoms with Crippen molar-refractivity contribution >= 4 is 23.6 Å². The van der Waals surface area contributed by atoms with Gasteiger partial charge in [-0.2, -0.15) is 0 Å². The number of carbonyl (C=O) groups excluding carboxylic acids is 1. The number of hydrogen-bond acceptors (Lipinski definition) is 7. The molecule has 4 heterocycles. The normalized spacial score (nSPS) is 17.9. The summed E-state index contributed by atoms with van der Waals surface area (Å²) in [4.78, 5) is 19.9. The Bertz CT molecular complexity index is 1060. The molecule has 2 aliphatic rings. The monoisotopic (exact) mass is 480 g/mol. The summed E-state index contributed by atoms with van der Waals surface area (Å²) >= 11 is 1.49. The first-order valence-corrected chi connectivity index (χ1v) is 13.0. The Labute approximate surface area is 204 Å². The van der Waals surface area contributed by atoms with Gasteiger partial charge in [0.1, 0.15) is 5.76 Å². The molecule has 0 N–H and O–H groups in total. The fraction of sp³-hybridized carbons (Fsp3) is 0.480. The van der Waals surface area contributed by atoms with Gasteiger partial charge >= 0.3 is 0 Å². The van der Waals surface area contributed by atoms with E-state index in [9.17, 15) is 4.79 Å². The van der Waals surface area contributed by atoms with Crippen molar-refractivity contribution < 1.29 is 9.21 Å². The van der Waals surface area contributed by atoms with Gasteiger partial charge in [-0.1, -0.05) is 42.1 Å². The van der Waals surface area contributed by atoms with Crippen LogP contribution in [0.2, 0.25) is 0 Å². The molecule has 0 radical (unpaired) electrons. The number of amides is 1. The molecule has 0 saturated carbocycles. The Morgan fingerprint density at radius 2 is 1.74 bits per heavy atom. The Balaban J connectivity index is 1.21. The van der Waals surface area contributed by atoms with Crippen molar-refractivity contribution in [3.05, 3.63) is 60.1 Å². The molecule has 0 aliphatic carbocycles. The van der Waals surface area contributed by atoms with Crippen LogP contribution in [0, 0.1) is 0 Å². The summed E-state index contributed by atoms with van der Waals surface area (Å²) in [5, 5.41) is 9.52. The van der Waals surface area contributed by atoms with Crippen LogP contribution in [0.15, 0.2) is 58.3 Å². The number of rotatable bonds is 8. The quantitative estimate of drug-likeness (QED) is 0.458. The van der Waals surface area contributed by atoms with Gasteiger partial charge in [0.2, 0.25) is 11.9 Å². The molecule has 0 bridgehead atoms. The van der Waals surface area contributed by atoms with Crippen LogP contribution < -0.4 is 4.90 Å². The lowest BCUT2D eigenvalue weighted by atomic mass is 10.2. The van der Waals surface area contributed by atoms with Crippen LogP contribution in [0.3, 0.4) is 0 Å². The van der Waals surface area contributed by atoms with E-state index in [1.54, 1.807) is 6.26 Å². The van der Waals surface area contributed by atoms with Gasteiger partial charge in [0.25, 0.3) is 0 Å². The molecule has 2 saturated heterocycles. The number of aromatic nitrogens is 3. The van der Waals surface area contributed by atoms with E-state index in [4.69, 9.17) is 4.42 Å². The third-order valence-electron chi connectivity index (χ3n) is 6.54. The van der Waals surface area contributed by atoms with Gasteiger partial charge in [-0.3, -0.25) is 14.3 Å². The van der Waals surface area contributed by atoms with Crippen LogP contribution in [-0.2, 0) is 17.9 Å². The first-order valence-electron chi connectivity index (χ1n) is 12.1. The molecular weight excluding hydrogens is 448 g/mol. The average molecular weight is 481 g/mol. The van der Waals surface area contributed by atoms with Crippen LogP contribution in [-0.4, -0.2) is 75.0 Å². The van der Waals surface area contributed by atoms with Gasteiger partial charge in [0, 0.05) is 45.8 Å². The molecule has 2 aromatic heterocycles. The SMILES string of the molecule is CC(Sc1nnc(N2CCCC2)n1Cc1ccco1)C(=O)N1CCN(Cc2ccccc2)CC1. The molecule has 8 nitrogen and oxygen atoms in total. The molecule has 1 unspecified atom stereocenters. The maximum Gasteiger partial charge on any atom is 0.235 e. The number of anilines is 1. The molecule has 1 aromatic carbocycles. The standard InChI is InChI=1S/C25H32N6O2S/c1-20(23(32)29-15-13-28(14-16-29)18-21-8-3-2-4-9-21)34-25-27-26-24(30-11-5-6-12-30)31(25)19-22-10-7-17-33-22/h2-4,7-10,17,20H,5-6,11-16,18-19H2,1H3. The van der Waals surface area contributed by atoms with Crippen LogP contribution in [0.1, 0.15) is 31.1 Å². The molecule has 2 aliphatic heterocycles. The second-order valence-corrected chi connectivity index (χ2v) is 10.3. The summed E-state index contributed by atoms with van der Waals surface area (Å²) in [5.41, 5.74) is 1.32. The summed E-state index contributed by atoms with van der Waals surface area (Å²) < 4.78 is 7.69. The lowest BCUT2D eigenvalue weighted by Gasteiger charge is -2.35. The van der Waals surface area contributed by atoms with Crippen molar-refractivity contribution in [1.82, 2.24) is 24.6 Å². The minimum atomic E-state index is -0.230. The Hall–Kier alpha value is -2.78. The van der Waals surface area contributed by atoms with Gasteiger partial charge in [-0.15, -0.1) is 10.2 Å². The summed E-state index contributed by atoms with van der Waals surface area (Å²) in [6.45, 7) is 8.76. The predicted molar refractivity (Wildman–Crippen MR) is 133 cm³/mol. The highest BCUT2D eigenvalue weighted by atomic mass is 32.2. The van der Waals surface area contributed by atoms with E-state index >= 15 is 0 Å². The minimum absolute atomic E-state index is 0.166. The number of nitrogens with zero attached hydrogens (tertiary/aromatic N) is 6. The van der Waals surface area contributed by atoms with Gasteiger partial charge in [0.15, 0.2) is 5.16 Å². The topological polar surface area (TPSA) is 70.6 Å². The molecule has 34 heavy (non-hydrogen) atoms.